The molecule has 0 saturated carbocycles. The number of hydrogen-bond acceptors (Lipinski definition) is 2. The molecule has 1 aliphatic rings. The fourth-order valence-corrected chi connectivity index (χ4v) is 1.51. The van der Waals surface area contributed by atoms with Crippen LogP contribution in [0.4, 0.5) is 0 Å². The number of aromatic nitrogens is 1. The minimum Gasteiger partial charge on any atom is -0.299 e. The summed E-state index contributed by atoms with van der Waals surface area (Å²) in [5.74, 6) is 0. The van der Waals surface area contributed by atoms with Crippen LogP contribution in [0, 0.1) is 0 Å². The van der Waals surface area contributed by atoms with E-state index < -0.39 is 0 Å². The molecule has 0 aliphatic carbocycles. The van der Waals surface area contributed by atoms with Crippen molar-refractivity contribution in [3.8, 4) is 0 Å². The van der Waals surface area contributed by atoms with Gasteiger partial charge in [0.2, 0.25) is 0 Å². The average molecular weight is 148 g/mol. The molecule has 1 aromatic heterocycles. The van der Waals surface area contributed by atoms with Crippen molar-refractivity contribution in [1.82, 2.24) is 9.88 Å². The van der Waals surface area contributed by atoms with Crippen molar-refractivity contribution < 1.29 is 0 Å². The lowest BCUT2D eigenvalue weighted by atomic mass is 9.97. The van der Waals surface area contributed by atoms with Crippen molar-refractivity contribution in [2.24, 2.45) is 0 Å². The van der Waals surface area contributed by atoms with Gasteiger partial charge in [0.25, 0.3) is 0 Å². The number of pyridine rings is 1. The summed E-state index contributed by atoms with van der Waals surface area (Å²) in [5, 5.41) is 0. The summed E-state index contributed by atoms with van der Waals surface area (Å²) in [7, 11) is 2.15. The zero-order valence-electron chi connectivity index (χ0n) is 6.70. The van der Waals surface area contributed by atoms with Crippen LogP contribution in [0.5, 0.6) is 0 Å². The fraction of sp³-hybridized carbons (Fsp3) is 0.444. The molecule has 0 N–H and O–H groups in total. The maximum absolute atomic E-state index is 4.10. The molecule has 1 aliphatic heterocycles. The molecular formula is C9H12N2. The Kier molecular flexibility index (Phi) is 1.62. The van der Waals surface area contributed by atoms with Gasteiger partial charge in [-0.05, 0) is 25.1 Å². The third-order valence-electron chi connectivity index (χ3n) is 2.36. The third kappa shape index (κ3) is 1.14. The van der Waals surface area contributed by atoms with Crippen LogP contribution in [0.15, 0.2) is 24.5 Å². The minimum atomic E-state index is 0.628. The van der Waals surface area contributed by atoms with Gasteiger partial charge in [0, 0.05) is 25.0 Å². The van der Waals surface area contributed by atoms with Crippen molar-refractivity contribution >= 4 is 0 Å². The first-order valence-electron chi connectivity index (χ1n) is 3.98. The standard InChI is InChI=1S/C9H12N2/c1-11-6-4-9(11)8-3-2-5-10-7-8/h2-3,5,7,9H,4,6H2,1H3/t9-/m0/s1. The highest BCUT2D eigenvalue weighted by Gasteiger charge is 2.25. The first kappa shape index (κ1) is 6.80. The van der Waals surface area contributed by atoms with Crippen LogP contribution in [0.25, 0.3) is 0 Å². The molecule has 2 heterocycles. The van der Waals surface area contributed by atoms with E-state index in [0.717, 1.165) is 0 Å². The molecule has 2 heteroatoms. The highest BCUT2D eigenvalue weighted by Crippen LogP contribution is 2.30. The van der Waals surface area contributed by atoms with Gasteiger partial charge in [0.1, 0.15) is 0 Å². The first-order chi connectivity index (χ1) is 5.38. The third-order valence-corrected chi connectivity index (χ3v) is 2.36. The van der Waals surface area contributed by atoms with Gasteiger partial charge in [-0.15, -0.1) is 0 Å². The van der Waals surface area contributed by atoms with E-state index in [4.69, 9.17) is 0 Å². The summed E-state index contributed by atoms with van der Waals surface area (Å²) in [6.07, 6.45) is 5.06. The van der Waals surface area contributed by atoms with Crippen molar-refractivity contribution in [2.75, 3.05) is 13.6 Å². The summed E-state index contributed by atoms with van der Waals surface area (Å²) in [4.78, 5) is 6.44. The number of hydrogen-bond donors (Lipinski definition) is 0. The molecule has 58 valence electrons. The first-order valence-corrected chi connectivity index (χ1v) is 3.98. The number of nitrogens with zero attached hydrogens (tertiary/aromatic N) is 2. The van der Waals surface area contributed by atoms with Gasteiger partial charge in [0.15, 0.2) is 0 Å². The average Bonchev–Trinajstić information content (AvgIpc) is 2.04. The van der Waals surface area contributed by atoms with E-state index in [1.165, 1.54) is 18.5 Å². The normalized spacial score (nSPS) is 24.6. The molecule has 0 bridgehead atoms. The molecule has 0 unspecified atom stereocenters. The second kappa shape index (κ2) is 2.62. The van der Waals surface area contributed by atoms with E-state index in [0.29, 0.717) is 6.04 Å². The van der Waals surface area contributed by atoms with Crippen molar-refractivity contribution in [3.63, 3.8) is 0 Å². The van der Waals surface area contributed by atoms with Crippen LogP contribution in [-0.4, -0.2) is 23.5 Å². The Bertz CT molecular complexity index is 233. The Balaban J connectivity index is 2.17. The Morgan fingerprint density at radius 2 is 2.55 bits per heavy atom. The van der Waals surface area contributed by atoms with Crippen LogP contribution in [0.3, 0.4) is 0 Å². The Labute approximate surface area is 66.9 Å². The maximum Gasteiger partial charge on any atom is 0.0372 e. The van der Waals surface area contributed by atoms with Gasteiger partial charge in [-0.25, -0.2) is 0 Å². The van der Waals surface area contributed by atoms with Crippen molar-refractivity contribution in [1.29, 1.82) is 0 Å². The van der Waals surface area contributed by atoms with Crippen LogP contribution < -0.4 is 0 Å². The largest absolute Gasteiger partial charge is 0.299 e. The van der Waals surface area contributed by atoms with E-state index in [-0.39, 0.29) is 0 Å². The van der Waals surface area contributed by atoms with Gasteiger partial charge in [0.05, 0.1) is 0 Å². The van der Waals surface area contributed by atoms with E-state index in [2.05, 4.69) is 23.0 Å². The summed E-state index contributed by atoms with van der Waals surface area (Å²) in [5.41, 5.74) is 1.35. The quantitative estimate of drug-likeness (QED) is 0.599. The molecule has 1 atom stereocenters. The minimum absolute atomic E-state index is 0.628. The van der Waals surface area contributed by atoms with Gasteiger partial charge in [-0.2, -0.15) is 0 Å². The zero-order valence-corrected chi connectivity index (χ0v) is 6.70. The lowest BCUT2D eigenvalue weighted by Gasteiger charge is -2.37. The van der Waals surface area contributed by atoms with Crippen molar-refractivity contribution in [3.05, 3.63) is 30.1 Å². The lowest BCUT2D eigenvalue weighted by molar-refractivity contribution is 0.127. The van der Waals surface area contributed by atoms with Crippen LogP contribution >= 0.6 is 0 Å². The molecule has 0 spiro atoms. The monoisotopic (exact) mass is 148 g/mol. The smallest absolute Gasteiger partial charge is 0.0372 e. The summed E-state index contributed by atoms with van der Waals surface area (Å²) in [6.45, 7) is 1.22. The molecule has 0 amide bonds. The molecule has 11 heavy (non-hydrogen) atoms. The molecular weight excluding hydrogens is 136 g/mol. The Hall–Kier alpha value is -0.890. The molecule has 0 radical (unpaired) electrons. The Morgan fingerprint density at radius 1 is 1.64 bits per heavy atom. The molecule has 1 aromatic rings. The lowest BCUT2D eigenvalue weighted by Crippen LogP contribution is -2.37. The summed E-state index contributed by atoms with van der Waals surface area (Å²) >= 11 is 0. The maximum atomic E-state index is 4.10. The molecule has 2 nitrogen and oxygen atoms in total. The van der Waals surface area contributed by atoms with Gasteiger partial charge in [-0.3, -0.25) is 9.88 Å². The summed E-state index contributed by atoms with van der Waals surface area (Å²) in [6, 6.07) is 4.78. The molecule has 2 rings (SSSR count). The zero-order chi connectivity index (χ0) is 7.68. The van der Waals surface area contributed by atoms with Gasteiger partial charge in [-0.1, -0.05) is 6.07 Å². The second-order valence-corrected chi connectivity index (χ2v) is 3.07. The fourth-order valence-electron chi connectivity index (χ4n) is 1.51. The van der Waals surface area contributed by atoms with Gasteiger partial charge >= 0.3 is 0 Å². The highest BCUT2D eigenvalue weighted by atomic mass is 15.2. The number of likely N-dealkylation sites (tertiary alicyclic amines) is 1. The van der Waals surface area contributed by atoms with E-state index >= 15 is 0 Å². The highest BCUT2D eigenvalue weighted by molar-refractivity contribution is 5.16. The number of rotatable bonds is 1. The van der Waals surface area contributed by atoms with Crippen LogP contribution in [0.2, 0.25) is 0 Å². The Morgan fingerprint density at radius 3 is 3.00 bits per heavy atom. The van der Waals surface area contributed by atoms with Crippen molar-refractivity contribution in [2.45, 2.75) is 12.5 Å². The topological polar surface area (TPSA) is 16.1 Å². The van der Waals surface area contributed by atoms with E-state index in [1.54, 1.807) is 0 Å². The molecule has 1 saturated heterocycles. The SMILES string of the molecule is CN1CC[C@H]1c1cccnc1. The molecule has 1 fully saturated rings. The van der Waals surface area contributed by atoms with Crippen LogP contribution in [-0.2, 0) is 0 Å². The van der Waals surface area contributed by atoms with Crippen LogP contribution in [0.1, 0.15) is 18.0 Å². The summed E-state index contributed by atoms with van der Waals surface area (Å²) < 4.78 is 0. The van der Waals surface area contributed by atoms with E-state index in [9.17, 15) is 0 Å². The molecule has 0 aromatic carbocycles. The second-order valence-electron chi connectivity index (χ2n) is 3.07. The van der Waals surface area contributed by atoms with E-state index in [1.807, 2.05) is 18.5 Å². The predicted molar refractivity (Wildman–Crippen MR) is 44.2 cm³/mol. The predicted octanol–water partition coefficient (Wildman–Crippen LogP) is 1.46. The van der Waals surface area contributed by atoms with Gasteiger partial charge < -0.3 is 0 Å².